The van der Waals surface area contributed by atoms with E-state index in [1.807, 2.05) is 0 Å². The summed E-state index contributed by atoms with van der Waals surface area (Å²) < 4.78 is 0. The Kier molecular flexibility index (Phi) is 2.27. The molecule has 11 heavy (non-hydrogen) atoms. The van der Waals surface area contributed by atoms with E-state index in [-0.39, 0.29) is 6.61 Å². The Morgan fingerprint density at radius 2 is 2.27 bits per heavy atom. The van der Waals surface area contributed by atoms with Crippen molar-refractivity contribution in [1.29, 1.82) is 0 Å². The summed E-state index contributed by atoms with van der Waals surface area (Å²) in [5.74, 6) is 0. The number of aromatic nitrogens is 1. The monoisotopic (exact) mass is 173 g/mol. The predicted molar refractivity (Wildman–Crippen MR) is 43.3 cm³/mol. The van der Waals surface area contributed by atoms with Crippen LogP contribution in [0.2, 0.25) is 0 Å². The first-order valence-corrected chi connectivity index (χ1v) is 4.20. The largest absolute Gasteiger partial charge is 0.390 e. The van der Waals surface area contributed by atoms with Crippen LogP contribution in [-0.4, -0.2) is 15.2 Å². The SMILES string of the molecule is CC(C)(O)c1nc(CO)cs1. The molecule has 0 bridgehead atoms. The molecule has 0 radical (unpaired) electrons. The number of hydrogen-bond acceptors (Lipinski definition) is 4. The minimum absolute atomic E-state index is 0.0629. The molecule has 3 nitrogen and oxygen atoms in total. The van der Waals surface area contributed by atoms with Crippen LogP contribution in [0.5, 0.6) is 0 Å². The summed E-state index contributed by atoms with van der Waals surface area (Å²) in [5, 5.41) is 20.5. The lowest BCUT2D eigenvalue weighted by Crippen LogP contribution is -2.14. The highest BCUT2D eigenvalue weighted by Crippen LogP contribution is 2.23. The molecule has 1 heterocycles. The zero-order valence-corrected chi connectivity index (χ0v) is 7.35. The highest BCUT2D eigenvalue weighted by molar-refractivity contribution is 7.09. The molecule has 1 aromatic heterocycles. The summed E-state index contributed by atoms with van der Waals surface area (Å²) in [6.45, 7) is 3.28. The van der Waals surface area contributed by atoms with Gasteiger partial charge in [-0.3, -0.25) is 0 Å². The number of hydrogen-bond donors (Lipinski definition) is 2. The average Bonchev–Trinajstić information content (AvgIpc) is 2.32. The molecule has 0 aliphatic rings. The number of aliphatic hydroxyl groups excluding tert-OH is 1. The number of thiazole rings is 1. The molecule has 0 unspecified atom stereocenters. The molecule has 0 spiro atoms. The summed E-state index contributed by atoms with van der Waals surface area (Å²) in [4.78, 5) is 4.02. The molecule has 0 aliphatic carbocycles. The van der Waals surface area contributed by atoms with Crippen molar-refractivity contribution in [2.75, 3.05) is 0 Å². The van der Waals surface area contributed by atoms with Crippen LogP contribution in [0.1, 0.15) is 24.5 Å². The first kappa shape index (κ1) is 8.64. The maximum atomic E-state index is 9.46. The lowest BCUT2D eigenvalue weighted by Gasteiger charge is -2.12. The van der Waals surface area contributed by atoms with Gasteiger partial charge >= 0.3 is 0 Å². The molecule has 0 saturated heterocycles. The first-order chi connectivity index (χ1) is 5.04. The van der Waals surface area contributed by atoms with Crippen molar-refractivity contribution in [3.63, 3.8) is 0 Å². The third-order valence-corrected chi connectivity index (χ3v) is 2.44. The van der Waals surface area contributed by atoms with Crippen molar-refractivity contribution in [2.24, 2.45) is 0 Å². The van der Waals surface area contributed by atoms with Gasteiger partial charge in [0.05, 0.1) is 12.3 Å². The van der Waals surface area contributed by atoms with E-state index in [0.29, 0.717) is 10.7 Å². The van der Waals surface area contributed by atoms with Crippen molar-refractivity contribution in [1.82, 2.24) is 4.98 Å². The predicted octanol–water partition coefficient (Wildman–Crippen LogP) is 0.863. The highest BCUT2D eigenvalue weighted by Gasteiger charge is 2.19. The fraction of sp³-hybridized carbons (Fsp3) is 0.571. The van der Waals surface area contributed by atoms with Crippen LogP contribution in [-0.2, 0) is 12.2 Å². The van der Waals surface area contributed by atoms with Crippen LogP contribution in [0.25, 0.3) is 0 Å². The van der Waals surface area contributed by atoms with Gasteiger partial charge in [0.25, 0.3) is 0 Å². The van der Waals surface area contributed by atoms with E-state index in [0.717, 1.165) is 0 Å². The van der Waals surface area contributed by atoms with E-state index >= 15 is 0 Å². The molecule has 4 heteroatoms. The zero-order chi connectivity index (χ0) is 8.48. The molecule has 0 aliphatic heterocycles. The lowest BCUT2D eigenvalue weighted by atomic mass is 10.2. The molecule has 0 fully saturated rings. The Labute approximate surface area is 69.3 Å². The van der Waals surface area contributed by atoms with Crippen LogP contribution >= 0.6 is 11.3 Å². The summed E-state index contributed by atoms with van der Waals surface area (Å²) in [5.41, 5.74) is -0.273. The Morgan fingerprint density at radius 1 is 1.64 bits per heavy atom. The second-order valence-electron chi connectivity index (χ2n) is 2.86. The lowest BCUT2D eigenvalue weighted by molar-refractivity contribution is 0.0779. The van der Waals surface area contributed by atoms with E-state index in [4.69, 9.17) is 5.11 Å². The van der Waals surface area contributed by atoms with Gasteiger partial charge in [0.2, 0.25) is 0 Å². The minimum atomic E-state index is -0.891. The molecule has 0 amide bonds. The average molecular weight is 173 g/mol. The molecule has 0 saturated carbocycles. The first-order valence-electron chi connectivity index (χ1n) is 3.32. The van der Waals surface area contributed by atoms with Crippen LogP contribution in [0.4, 0.5) is 0 Å². The van der Waals surface area contributed by atoms with Crippen LogP contribution in [0.3, 0.4) is 0 Å². The normalized spacial score (nSPS) is 12.0. The molecule has 0 atom stereocenters. The standard InChI is InChI=1S/C7H11NO2S/c1-7(2,10)6-8-5(3-9)4-11-6/h4,9-10H,3H2,1-2H3. The number of rotatable bonds is 2. The Morgan fingerprint density at radius 3 is 2.55 bits per heavy atom. The fourth-order valence-corrected chi connectivity index (χ4v) is 1.49. The van der Waals surface area contributed by atoms with Gasteiger partial charge < -0.3 is 10.2 Å². The van der Waals surface area contributed by atoms with Gasteiger partial charge in [-0.25, -0.2) is 4.98 Å². The summed E-state index contributed by atoms with van der Waals surface area (Å²) in [7, 11) is 0. The zero-order valence-electron chi connectivity index (χ0n) is 6.53. The maximum Gasteiger partial charge on any atom is 0.124 e. The van der Waals surface area contributed by atoms with E-state index in [1.165, 1.54) is 11.3 Å². The van der Waals surface area contributed by atoms with Gasteiger partial charge in [-0.2, -0.15) is 0 Å². The Hall–Kier alpha value is -0.450. The van der Waals surface area contributed by atoms with Crippen molar-refractivity contribution in [3.8, 4) is 0 Å². The van der Waals surface area contributed by atoms with Crippen molar-refractivity contribution < 1.29 is 10.2 Å². The molecular weight excluding hydrogens is 162 g/mol. The fourth-order valence-electron chi connectivity index (χ4n) is 0.661. The summed E-state index contributed by atoms with van der Waals surface area (Å²) in [6, 6.07) is 0. The molecular formula is C7H11NO2S. The summed E-state index contributed by atoms with van der Waals surface area (Å²) >= 11 is 1.36. The van der Waals surface area contributed by atoms with Crippen LogP contribution in [0.15, 0.2) is 5.38 Å². The highest BCUT2D eigenvalue weighted by atomic mass is 32.1. The Balaban J connectivity index is 2.89. The molecule has 0 aromatic carbocycles. The van der Waals surface area contributed by atoms with Gasteiger partial charge in [-0.15, -0.1) is 11.3 Å². The van der Waals surface area contributed by atoms with E-state index in [1.54, 1.807) is 19.2 Å². The smallest absolute Gasteiger partial charge is 0.124 e. The van der Waals surface area contributed by atoms with Gasteiger partial charge in [-0.05, 0) is 13.8 Å². The number of nitrogens with zero attached hydrogens (tertiary/aromatic N) is 1. The molecule has 2 N–H and O–H groups in total. The molecule has 62 valence electrons. The second kappa shape index (κ2) is 2.89. The van der Waals surface area contributed by atoms with Crippen LogP contribution < -0.4 is 0 Å². The third kappa shape index (κ3) is 1.99. The van der Waals surface area contributed by atoms with Gasteiger partial charge in [0.1, 0.15) is 10.6 Å². The van der Waals surface area contributed by atoms with Gasteiger partial charge in [0.15, 0.2) is 0 Å². The van der Waals surface area contributed by atoms with Crippen molar-refractivity contribution in [2.45, 2.75) is 26.1 Å². The summed E-state index contributed by atoms with van der Waals surface area (Å²) in [6.07, 6.45) is 0. The number of aliphatic hydroxyl groups is 2. The molecule has 1 aromatic rings. The van der Waals surface area contributed by atoms with E-state index < -0.39 is 5.60 Å². The topological polar surface area (TPSA) is 53.4 Å². The van der Waals surface area contributed by atoms with Crippen molar-refractivity contribution in [3.05, 3.63) is 16.1 Å². The Bertz CT molecular complexity index is 239. The van der Waals surface area contributed by atoms with Gasteiger partial charge in [-0.1, -0.05) is 0 Å². The quantitative estimate of drug-likeness (QED) is 0.697. The minimum Gasteiger partial charge on any atom is -0.390 e. The molecule has 1 rings (SSSR count). The van der Waals surface area contributed by atoms with Crippen molar-refractivity contribution >= 4 is 11.3 Å². The van der Waals surface area contributed by atoms with Gasteiger partial charge in [0, 0.05) is 5.38 Å². The third-order valence-electron chi connectivity index (χ3n) is 1.24. The van der Waals surface area contributed by atoms with E-state index in [9.17, 15) is 5.11 Å². The van der Waals surface area contributed by atoms with Crippen LogP contribution in [0, 0.1) is 0 Å². The van der Waals surface area contributed by atoms with E-state index in [2.05, 4.69) is 4.98 Å². The second-order valence-corrected chi connectivity index (χ2v) is 3.72. The maximum absolute atomic E-state index is 9.46.